The maximum absolute atomic E-state index is 6.42. The Morgan fingerprint density at radius 3 is 2.11 bits per heavy atom. The number of para-hydroxylation sites is 3. The van der Waals surface area contributed by atoms with E-state index in [0.717, 1.165) is 50.7 Å². The van der Waals surface area contributed by atoms with Crippen molar-refractivity contribution in [3.63, 3.8) is 0 Å². The summed E-state index contributed by atoms with van der Waals surface area (Å²) in [5.74, 6) is 2.02. The van der Waals surface area contributed by atoms with E-state index in [9.17, 15) is 0 Å². The van der Waals surface area contributed by atoms with E-state index in [0.29, 0.717) is 17.5 Å². The first-order valence-corrected chi connectivity index (χ1v) is 18.4. The van der Waals surface area contributed by atoms with Gasteiger partial charge < -0.3 is 8.98 Å². The average molecular weight is 693 g/mol. The normalized spacial score (nSPS) is 14.4. The van der Waals surface area contributed by atoms with Gasteiger partial charge in [0.15, 0.2) is 17.5 Å². The molecule has 0 fully saturated rings. The van der Waals surface area contributed by atoms with Gasteiger partial charge in [0.05, 0.1) is 16.6 Å². The van der Waals surface area contributed by atoms with Gasteiger partial charge in [-0.25, -0.2) is 15.0 Å². The predicted octanol–water partition coefficient (Wildman–Crippen LogP) is 12.5. The number of hydrogen-bond donors (Lipinski definition) is 0. The van der Waals surface area contributed by atoms with Gasteiger partial charge in [-0.05, 0) is 65.2 Å². The molecule has 1 unspecified atom stereocenters. The Morgan fingerprint density at radius 1 is 0.537 bits per heavy atom. The number of benzene rings is 7. The second kappa shape index (κ2) is 12.2. The summed E-state index contributed by atoms with van der Waals surface area (Å²) in [6.45, 7) is 0. The molecule has 0 radical (unpaired) electrons. The third-order valence-electron chi connectivity index (χ3n) is 10.8. The first-order valence-electron chi connectivity index (χ1n) is 18.4. The van der Waals surface area contributed by atoms with Crippen LogP contribution >= 0.6 is 0 Å². The molecular formula is C49H32N4O. The first-order chi connectivity index (χ1) is 26.7. The third kappa shape index (κ3) is 4.97. The molecule has 3 heterocycles. The lowest BCUT2D eigenvalue weighted by Crippen LogP contribution is -2.05. The Bertz CT molecular complexity index is 3130. The Morgan fingerprint density at radius 2 is 1.24 bits per heavy atom. The zero-order chi connectivity index (χ0) is 35.6. The molecule has 0 N–H and O–H groups in total. The average Bonchev–Trinajstić information content (AvgIpc) is 3.78. The molecule has 0 amide bonds. The van der Waals surface area contributed by atoms with Crippen LogP contribution in [0.1, 0.15) is 23.7 Å². The van der Waals surface area contributed by atoms with E-state index in [1.807, 2.05) is 60.7 Å². The van der Waals surface area contributed by atoms with Gasteiger partial charge in [-0.15, -0.1) is 0 Å². The molecule has 0 saturated carbocycles. The molecule has 0 spiro atoms. The highest BCUT2D eigenvalue weighted by Gasteiger charge is 2.21. The fraction of sp³-hybridized carbons (Fsp3) is 0.0408. The second-order valence-electron chi connectivity index (χ2n) is 14.0. The lowest BCUT2D eigenvalue weighted by atomic mass is 9.89. The van der Waals surface area contributed by atoms with E-state index in [4.69, 9.17) is 19.4 Å². The summed E-state index contributed by atoms with van der Waals surface area (Å²) in [5.41, 5.74) is 9.18. The summed E-state index contributed by atoms with van der Waals surface area (Å²) in [7, 11) is 0. The maximum atomic E-state index is 6.42. The van der Waals surface area contributed by atoms with E-state index in [-0.39, 0.29) is 5.92 Å². The van der Waals surface area contributed by atoms with E-state index >= 15 is 0 Å². The minimum absolute atomic E-state index is 0.167. The molecule has 1 atom stereocenters. The number of furan rings is 1. The van der Waals surface area contributed by atoms with Crippen molar-refractivity contribution in [3.05, 3.63) is 187 Å². The third-order valence-corrected chi connectivity index (χ3v) is 10.8. The lowest BCUT2D eigenvalue weighted by Gasteiger charge is -2.18. The van der Waals surface area contributed by atoms with E-state index in [2.05, 4.69) is 120 Å². The van der Waals surface area contributed by atoms with Crippen molar-refractivity contribution in [3.8, 4) is 28.5 Å². The first kappa shape index (κ1) is 30.5. The van der Waals surface area contributed by atoms with Crippen molar-refractivity contribution >= 4 is 60.1 Å². The van der Waals surface area contributed by atoms with Crippen LogP contribution in [0.25, 0.3) is 88.6 Å². The number of rotatable bonds is 5. The SMILES string of the molecule is C1=CC(c2nc(-c3ccccc3)nc(-c3cccc4c3oc3ccccc34)n2)=CC(c2ccc(-n3c4ccccc4c4cc5ccccc5cc43)cc2)C1. The van der Waals surface area contributed by atoms with E-state index in [1.165, 1.54) is 38.1 Å². The zero-order valence-corrected chi connectivity index (χ0v) is 29.2. The summed E-state index contributed by atoms with van der Waals surface area (Å²) in [6.07, 6.45) is 7.57. The quantitative estimate of drug-likeness (QED) is 0.180. The van der Waals surface area contributed by atoms with Crippen LogP contribution in [0.15, 0.2) is 180 Å². The van der Waals surface area contributed by atoms with Crippen molar-refractivity contribution < 1.29 is 4.42 Å². The Labute approximate surface area is 311 Å². The molecule has 0 saturated heterocycles. The molecule has 254 valence electrons. The van der Waals surface area contributed by atoms with Crippen LogP contribution in [0.2, 0.25) is 0 Å². The lowest BCUT2D eigenvalue weighted by molar-refractivity contribution is 0.669. The van der Waals surface area contributed by atoms with Gasteiger partial charge in [-0.3, -0.25) is 0 Å². The minimum Gasteiger partial charge on any atom is -0.455 e. The molecule has 5 nitrogen and oxygen atoms in total. The summed E-state index contributed by atoms with van der Waals surface area (Å²) in [5, 5.41) is 7.13. The minimum atomic E-state index is 0.167. The van der Waals surface area contributed by atoms with Gasteiger partial charge in [0.2, 0.25) is 0 Å². The van der Waals surface area contributed by atoms with Crippen molar-refractivity contribution in [2.24, 2.45) is 0 Å². The second-order valence-corrected chi connectivity index (χ2v) is 14.0. The number of hydrogen-bond acceptors (Lipinski definition) is 4. The Balaban J connectivity index is 0.999. The standard InChI is InChI=1S/C49H32N4O/c1-2-12-32(13-3-1)47-50-48(52-49(51-47)41-21-11-20-40-39-19-7-9-23-45(39)54-46(40)41)36-17-10-16-33(28-36)31-24-26-37(27-25-31)53-43-22-8-6-18-38(43)42-29-34-14-4-5-15-35(34)30-44(42)53/h1-15,17-30,33H,16H2. The van der Waals surface area contributed by atoms with Crippen LogP contribution in [0.4, 0.5) is 0 Å². The highest BCUT2D eigenvalue weighted by molar-refractivity contribution is 6.13. The van der Waals surface area contributed by atoms with Crippen LogP contribution in [0.3, 0.4) is 0 Å². The highest BCUT2D eigenvalue weighted by atomic mass is 16.3. The van der Waals surface area contributed by atoms with E-state index < -0.39 is 0 Å². The summed E-state index contributed by atoms with van der Waals surface area (Å²) >= 11 is 0. The molecule has 3 aromatic heterocycles. The van der Waals surface area contributed by atoms with Crippen LogP contribution in [0, 0.1) is 0 Å². The monoisotopic (exact) mass is 692 g/mol. The van der Waals surface area contributed by atoms with Gasteiger partial charge in [-0.2, -0.15) is 0 Å². The number of fused-ring (bicyclic) bond motifs is 7. The molecule has 0 aliphatic heterocycles. The largest absolute Gasteiger partial charge is 0.455 e. The fourth-order valence-electron chi connectivity index (χ4n) is 8.13. The van der Waals surface area contributed by atoms with Gasteiger partial charge in [0, 0.05) is 44.3 Å². The Kier molecular flexibility index (Phi) is 6.92. The van der Waals surface area contributed by atoms with Crippen molar-refractivity contribution in [2.75, 3.05) is 0 Å². The number of aromatic nitrogens is 4. The molecule has 5 heteroatoms. The molecule has 11 rings (SSSR count). The number of allylic oxidation sites excluding steroid dienone is 4. The molecule has 0 bridgehead atoms. The van der Waals surface area contributed by atoms with Gasteiger partial charge in [0.25, 0.3) is 0 Å². The van der Waals surface area contributed by atoms with Crippen LogP contribution < -0.4 is 0 Å². The molecule has 10 aromatic rings. The summed E-state index contributed by atoms with van der Waals surface area (Å²) in [6, 6.07) is 55.4. The molecule has 1 aliphatic carbocycles. The smallest absolute Gasteiger partial charge is 0.167 e. The van der Waals surface area contributed by atoms with Crippen LogP contribution in [-0.4, -0.2) is 19.5 Å². The zero-order valence-electron chi connectivity index (χ0n) is 29.2. The molecule has 1 aliphatic rings. The van der Waals surface area contributed by atoms with Gasteiger partial charge in [0.1, 0.15) is 11.2 Å². The van der Waals surface area contributed by atoms with Crippen molar-refractivity contribution in [2.45, 2.75) is 12.3 Å². The highest BCUT2D eigenvalue weighted by Crippen LogP contribution is 2.38. The Hall–Kier alpha value is -7.11. The molecule has 7 aromatic carbocycles. The molecular weight excluding hydrogens is 661 g/mol. The predicted molar refractivity (Wildman–Crippen MR) is 221 cm³/mol. The molecule has 54 heavy (non-hydrogen) atoms. The van der Waals surface area contributed by atoms with E-state index in [1.54, 1.807) is 0 Å². The van der Waals surface area contributed by atoms with Crippen molar-refractivity contribution in [1.82, 2.24) is 19.5 Å². The topological polar surface area (TPSA) is 56.7 Å². The van der Waals surface area contributed by atoms with Crippen LogP contribution in [-0.2, 0) is 0 Å². The summed E-state index contributed by atoms with van der Waals surface area (Å²) in [4.78, 5) is 15.2. The maximum Gasteiger partial charge on any atom is 0.167 e. The summed E-state index contributed by atoms with van der Waals surface area (Å²) < 4.78 is 8.81. The van der Waals surface area contributed by atoms with Gasteiger partial charge >= 0.3 is 0 Å². The fourth-order valence-corrected chi connectivity index (χ4v) is 8.13. The van der Waals surface area contributed by atoms with Gasteiger partial charge in [-0.1, -0.05) is 133 Å². The number of nitrogens with zero attached hydrogens (tertiary/aromatic N) is 4. The van der Waals surface area contributed by atoms with Crippen LogP contribution in [0.5, 0.6) is 0 Å². The van der Waals surface area contributed by atoms with Crippen molar-refractivity contribution in [1.29, 1.82) is 0 Å².